The van der Waals surface area contributed by atoms with E-state index in [1.165, 1.54) is 0 Å². The third-order valence-corrected chi connectivity index (χ3v) is 2.67. The maximum Gasteiger partial charge on any atom is 0.387 e. The molecule has 120 valence electrons. The highest BCUT2D eigenvalue weighted by atomic mass is 16.7. The molecule has 1 amide bonds. The Kier molecular flexibility index (Phi) is 4.87. The van der Waals surface area contributed by atoms with Crippen LogP contribution < -0.4 is 16.2 Å². The van der Waals surface area contributed by atoms with Crippen molar-refractivity contribution in [1.29, 1.82) is 0 Å². The molecule has 0 atom stereocenters. The van der Waals surface area contributed by atoms with Crippen LogP contribution in [0.15, 0.2) is 29.4 Å². The molecule has 0 saturated heterocycles. The molecule has 0 aliphatic rings. The number of oxime groups is 1. The third-order valence-electron chi connectivity index (χ3n) is 2.67. The lowest BCUT2D eigenvalue weighted by atomic mass is 10.2. The van der Waals surface area contributed by atoms with Gasteiger partial charge < -0.3 is 21.0 Å². The summed E-state index contributed by atoms with van der Waals surface area (Å²) < 4.78 is 5.10. The van der Waals surface area contributed by atoms with Crippen molar-refractivity contribution in [3.8, 4) is 5.75 Å². The highest BCUT2D eigenvalue weighted by Gasteiger charge is 2.15. The molecule has 23 heavy (non-hydrogen) atoms. The predicted molar refractivity (Wildman–Crippen MR) is 78.4 cm³/mol. The van der Waals surface area contributed by atoms with Gasteiger partial charge in [0.1, 0.15) is 5.75 Å². The van der Waals surface area contributed by atoms with Gasteiger partial charge in [-0.3, -0.25) is 4.79 Å². The second-order valence-corrected chi connectivity index (χ2v) is 4.39. The van der Waals surface area contributed by atoms with Crippen LogP contribution in [0.25, 0.3) is 0 Å². The van der Waals surface area contributed by atoms with Crippen molar-refractivity contribution < 1.29 is 19.2 Å². The molecule has 2 aromatic rings. The summed E-state index contributed by atoms with van der Waals surface area (Å²) >= 11 is 0. The molecule has 1 aromatic carbocycles. The first-order chi connectivity index (χ1) is 11.0. The number of carbonyl (C=O) groups excluding carboxylic acids is 2. The Balaban J connectivity index is 1.99. The Bertz CT molecular complexity index is 737. The van der Waals surface area contributed by atoms with Crippen LogP contribution in [0.4, 0.5) is 0 Å². The predicted octanol–water partition coefficient (Wildman–Crippen LogP) is -0.545. The van der Waals surface area contributed by atoms with E-state index in [2.05, 4.69) is 20.6 Å². The minimum atomic E-state index is -0.777. The molecule has 2 rings (SSSR count). The van der Waals surface area contributed by atoms with Gasteiger partial charge in [0.15, 0.2) is 18.1 Å². The zero-order chi connectivity index (χ0) is 16.8. The number of amides is 1. The molecule has 0 fully saturated rings. The van der Waals surface area contributed by atoms with Crippen molar-refractivity contribution in [2.24, 2.45) is 16.6 Å². The average Bonchev–Trinajstić information content (AvgIpc) is 2.97. The van der Waals surface area contributed by atoms with Gasteiger partial charge in [-0.1, -0.05) is 5.16 Å². The summed E-state index contributed by atoms with van der Waals surface area (Å²) in [4.78, 5) is 27.0. The number of nitrogens with two attached hydrogens (primary N) is 2. The van der Waals surface area contributed by atoms with Gasteiger partial charge >= 0.3 is 5.97 Å². The van der Waals surface area contributed by atoms with E-state index in [0.717, 1.165) is 0 Å². The zero-order valence-corrected chi connectivity index (χ0v) is 12.1. The molecular weight excluding hydrogens is 304 g/mol. The highest BCUT2D eigenvalue weighted by Crippen LogP contribution is 2.12. The molecule has 5 N–H and O–H groups in total. The Morgan fingerprint density at radius 2 is 1.91 bits per heavy atom. The second-order valence-electron chi connectivity index (χ2n) is 4.39. The summed E-state index contributed by atoms with van der Waals surface area (Å²) in [6.45, 7) is 1.37. The minimum absolute atomic E-state index is 0.0130. The number of primary amides is 1. The molecule has 0 saturated carbocycles. The minimum Gasteiger partial charge on any atom is -0.484 e. The van der Waals surface area contributed by atoms with Gasteiger partial charge in [0.25, 0.3) is 5.91 Å². The number of benzene rings is 1. The molecule has 10 nitrogen and oxygen atoms in total. The van der Waals surface area contributed by atoms with Crippen LogP contribution in [0, 0.1) is 6.92 Å². The van der Waals surface area contributed by atoms with Crippen molar-refractivity contribution in [2.75, 3.05) is 6.61 Å². The maximum absolute atomic E-state index is 11.7. The van der Waals surface area contributed by atoms with Crippen LogP contribution in [0.5, 0.6) is 5.75 Å². The molecule has 0 spiro atoms. The number of aryl methyl sites for hydroxylation is 1. The van der Waals surface area contributed by atoms with Gasteiger partial charge in [-0.25, -0.2) is 4.79 Å². The van der Waals surface area contributed by atoms with E-state index in [9.17, 15) is 9.59 Å². The molecule has 1 heterocycles. The molecule has 1 aromatic heterocycles. The molecule has 0 unspecified atom stereocenters. The van der Waals surface area contributed by atoms with E-state index in [1.807, 2.05) is 0 Å². The number of aromatic nitrogens is 3. The monoisotopic (exact) mass is 318 g/mol. The number of hydrogen-bond donors (Lipinski definition) is 3. The number of hydrogen-bond acceptors (Lipinski definition) is 7. The lowest BCUT2D eigenvalue weighted by molar-refractivity contribution is -0.119. The zero-order valence-electron chi connectivity index (χ0n) is 12.1. The fourth-order valence-corrected chi connectivity index (χ4v) is 1.54. The number of aromatic amines is 1. The van der Waals surface area contributed by atoms with Crippen LogP contribution in [-0.2, 0) is 9.63 Å². The normalized spacial score (nSPS) is 11.1. The fraction of sp³-hybridized carbons (Fsp3) is 0.154. The van der Waals surface area contributed by atoms with Crippen molar-refractivity contribution in [1.82, 2.24) is 15.4 Å². The Hall–Kier alpha value is -3.43. The quantitative estimate of drug-likeness (QED) is 0.279. The van der Waals surface area contributed by atoms with Crippen molar-refractivity contribution in [2.45, 2.75) is 6.92 Å². The molecule has 0 bridgehead atoms. The van der Waals surface area contributed by atoms with E-state index in [4.69, 9.17) is 21.0 Å². The standard InChI is InChI=1S/C13H14N6O4/c1-7-11(17-19-16-7)13(21)23-18-12(15)8-2-4-9(5-3-8)22-6-10(14)20/h2-5H,6H2,1H3,(H2,14,20)(H2,15,18)(H,16,17,19). The number of nitrogens with zero attached hydrogens (tertiary/aromatic N) is 3. The summed E-state index contributed by atoms with van der Waals surface area (Å²) in [5.74, 6) is -0.928. The second kappa shape index (κ2) is 7.02. The van der Waals surface area contributed by atoms with Crippen LogP contribution >= 0.6 is 0 Å². The van der Waals surface area contributed by atoms with E-state index < -0.39 is 11.9 Å². The first kappa shape index (κ1) is 15.9. The number of carbonyl (C=O) groups is 2. The number of H-pyrrole nitrogens is 1. The van der Waals surface area contributed by atoms with Gasteiger partial charge in [-0.2, -0.15) is 10.3 Å². The molecular formula is C13H14N6O4. The van der Waals surface area contributed by atoms with Gasteiger partial charge in [0, 0.05) is 5.56 Å². The fourth-order valence-electron chi connectivity index (χ4n) is 1.54. The maximum atomic E-state index is 11.7. The van der Waals surface area contributed by atoms with E-state index in [1.54, 1.807) is 31.2 Å². The smallest absolute Gasteiger partial charge is 0.387 e. The lowest BCUT2D eigenvalue weighted by Gasteiger charge is -2.05. The molecule has 0 aliphatic carbocycles. The Morgan fingerprint density at radius 1 is 1.22 bits per heavy atom. The lowest BCUT2D eigenvalue weighted by Crippen LogP contribution is -2.20. The van der Waals surface area contributed by atoms with Crippen LogP contribution in [0.3, 0.4) is 0 Å². The van der Waals surface area contributed by atoms with Crippen molar-refractivity contribution >= 4 is 17.7 Å². The van der Waals surface area contributed by atoms with E-state index >= 15 is 0 Å². The van der Waals surface area contributed by atoms with Crippen molar-refractivity contribution in [3.63, 3.8) is 0 Å². The summed E-state index contributed by atoms with van der Waals surface area (Å²) in [5, 5.41) is 13.2. The van der Waals surface area contributed by atoms with Crippen LogP contribution in [-0.4, -0.2) is 39.7 Å². The molecule has 10 heteroatoms. The van der Waals surface area contributed by atoms with Gasteiger partial charge in [-0.05, 0) is 31.2 Å². The molecule has 0 radical (unpaired) electrons. The number of amidine groups is 1. The topological polar surface area (TPSA) is 159 Å². The van der Waals surface area contributed by atoms with Gasteiger partial charge in [0.2, 0.25) is 0 Å². The Labute approximate surface area is 130 Å². The summed E-state index contributed by atoms with van der Waals surface area (Å²) in [5.41, 5.74) is 11.6. The van der Waals surface area contributed by atoms with E-state index in [-0.39, 0.29) is 18.1 Å². The van der Waals surface area contributed by atoms with Crippen LogP contribution in [0.2, 0.25) is 0 Å². The number of rotatable bonds is 6. The average molecular weight is 318 g/mol. The number of ether oxygens (including phenoxy) is 1. The summed E-state index contributed by atoms with van der Waals surface area (Å²) in [6, 6.07) is 6.32. The molecule has 0 aliphatic heterocycles. The van der Waals surface area contributed by atoms with Gasteiger partial charge in [0.05, 0.1) is 5.69 Å². The highest BCUT2D eigenvalue weighted by molar-refractivity contribution is 5.98. The first-order valence-electron chi connectivity index (χ1n) is 6.41. The largest absolute Gasteiger partial charge is 0.484 e. The Morgan fingerprint density at radius 3 is 2.48 bits per heavy atom. The summed E-state index contributed by atoms with van der Waals surface area (Å²) in [7, 11) is 0. The van der Waals surface area contributed by atoms with Gasteiger partial charge in [-0.15, -0.1) is 5.10 Å². The number of nitrogens with one attached hydrogen (secondary N) is 1. The third kappa shape index (κ3) is 4.27. The van der Waals surface area contributed by atoms with Crippen LogP contribution in [0.1, 0.15) is 21.7 Å². The van der Waals surface area contributed by atoms with E-state index in [0.29, 0.717) is 17.0 Å². The van der Waals surface area contributed by atoms with Crippen molar-refractivity contribution in [3.05, 3.63) is 41.2 Å². The summed E-state index contributed by atoms with van der Waals surface area (Å²) in [6.07, 6.45) is 0. The first-order valence-corrected chi connectivity index (χ1v) is 6.41. The SMILES string of the molecule is Cc1n[nH]nc1C(=O)O/N=C(\N)c1ccc(OCC(N)=O)cc1.